The number of methoxy groups -OCH3 is 1. The minimum Gasteiger partial charge on any atom is -0.466 e. The fourth-order valence-corrected chi connectivity index (χ4v) is 1.73. The van der Waals surface area contributed by atoms with Crippen LogP contribution < -0.4 is 5.32 Å². The molecule has 1 N–H and O–H groups in total. The molecule has 1 amide bonds. The van der Waals surface area contributed by atoms with Crippen LogP contribution in [0.25, 0.3) is 0 Å². The zero-order valence-electron chi connectivity index (χ0n) is 12.9. The molecule has 0 aromatic rings. The molecule has 0 fully saturated rings. The Labute approximate surface area is 121 Å². The second-order valence-electron chi connectivity index (χ2n) is 4.70. The van der Waals surface area contributed by atoms with Crippen LogP contribution in [0.15, 0.2) is 0 Å². The van der Waals surface area contributed by atoms with E-state index in [2.05, 4.69) is 5.32 Å². The third-order valence-electron chi connectivity index (χ3n) is 2.77. The third-order valence-corrected chi connectivity index (χ3v) is 2.77. The quantitative estimate of drug-likeness (QED) is 0.425. The van der Waals surface area contributed by atoms with Gasteiger partial charge in [-0.05, 0) is 33.4 Å². The smallest absolute Gasteiger partial charge is 0.305 e. The Kier molecular flexibility index (Phi) is 12.1. The molecule has 6 nitrogen and oxygen atoms in total. The molecule has 0 spiro atoms. The molecule has 0 atom stereocenters. The summed E-state index contributed by atoms with van der Waals surface area (Å²) >= 11 is 0. The average molecular weight is 288 g/mol. The van der Waals surface area contributed by atoms with Crippen molar-refractivity contribution in [1.29, 1.82) is 0 Å². The molecule has 0 radical (unpaired) electrons. The Morgan fingerprint density at radius 1 is 1.20 bits per heavy atom. The van der Waals surface area contributed by atoms with Crippen molar-refractivity contribution >= 4 is 11.9 Å². The summed E-state index contributed by atoms with van der Waals surface area (Å²) < 4.78 is 9.72. The Hall–Kier alpha value is -1.14. The van der Waals surface area contributed by atoms with E-state index in [1.54, 1.807) is 7.11 Å². The molecule has 0 saturated heterocycles. The van der Waals surface area contributed by atoms with Crippen molar-refractivity contribution < 1.29 is 19.1 Å². The van der Waals surface area contributed by atoms with Crippen LogP contribution in [0.2, 0.25) is 0 Å². The van der Waals surface area contributed by atoms with Crippen molar-refractivity contribution in [3.63, 3.8) is 0 Å². The molecule has 0 aromatic carbocycles. The van der Waals surface area contributed by atoms with Gasteiger partial charge in [-0.1, -0.05) is 6.42 Å². The van der Waals surface area contributed by atoms with E-state index in [1.165, 1.54) is 0 Å². The first-order valence-corrected chi connectivity index (χ1v) is 7.20. The SMILES string of the molecule is CCOC(=O)CCCCCN(C)CC(=O)NCCOC. The van der Waals surface area contributed by atoms with Crippen LogP contribution in [-0.2, 0) is 19.1 Å². The average Bonchev–Trinajstić information content (AvgIpc) is 2.39. The summed E-state index contributed by atoms with van der Waals surface area (Å²) in [6.07, 6.45) is 3.26. The highest BCUT2D eigenvalue weighted by Gasteiger charge is 2.06. The van der Waals surface area contributed by atoms with Crippen LogP contribution in [0.3, 0.4) is 0 Å². The van der Waals surface area contributed by atoms with Crippen molar-refractivity contribution in [2.45, 2.75) is 32.6 Å². The maximum atomic E-state index is 11.5. The largest absolute Gasteiger partial charge is 0.466 e. The van der Waals surface area contributed by atoms with Gasteiger partial charge in [0.2, 0.25) is 5.91 Å². The summed E-state index contributed by atoms with van der Waals surface area (Å²) in [5.74, 6) is -0.116. The summed E-state index contributed by atoms with van der Waals surface area (Å²) in [5, 5.41) is 2.78. The number of hydrogen-bond donors (Lipinski definition) is 1. The maximum absolute atomic E-state index is 11.5. The molecule has 0 bridgehead atoms. The lowest BCUT2D eigenvalue weighted by Gasteiger charge is -2.15. The molecule has 6 heteroatoms. The molecule has 0 aliphatic carbocycles. The van der Waals surface area contributed by atoms with Crippen LogP contribution in [0, 0.1) is 0 Å². The molecule has 0 aromatic heterocycles. The van der Waals surface area contributed by atoms with Gasteiger partial charge >= 0.3 is 5.97 Å². The molecule has 0 aliphatic rings. The minimum absolute atomic E-state index is 0.0103. The van der Waals surface area contributed by atoms with Gasteiger partial charge in [-0.3, -0.25) is 14.5 Å². The highest BCUT2D eigenvalue weighted by atomic mass is 16.5. The highest BCUT2D eigenvalue weighted by molar-refractivity contribution is 5.77. The fraction of sp³-hybridized carbons (Fsp3) is 0.857. The Morgan fingerprint density at radius 3 is 2.60 bits per heavy atom. The second-order valence-corrected chi connectivity index (χ2v) is 4.70. The summed E-state index contributed by atoms with van der Waals surface area (Å²) in [4.78, 5) is 24.6. The molecule has 20 heavy (non-hydrogen) atoms. The number of unbranched alkanes of at least 4 members (excludes halogenated alkanes) is 2. The Balaban J connectivity index is 3.46. The fourth-order valence-electron chi connectivity index (χ4n) is 1.73. The van der Waals surface area contributed by atoms with E-state index in [9.17, 15) is 9.59 Å². The van der Waals surface area contributed by atoms with Gasteiger partial charge < -0.3 is 14.8 Å². The first-order chi connectivity index (χ1) is 9.60. The van der Waals surface area contributed by atoms with Crippen LogP contribution >= 0.6 is 0 Å². The molecule has 0 unspecified atom stereocenters. The lowest BCUT2D eigenvalue weighted by atomic mass is 10.2. The molecule has 0 rings (SSSR count). The number of carbonyl (C=O) groups is 2. The van der Waals surface area contributed by atoms with E-state index in [0.717, 1.165) is 25.8 Å². The molecule has 118 valence electrons. The zero-order chi connectivity index (χ0) is 15.2. The maximum Gasteiger partial charge on any atom is 0.305 e. The molecular weight excluding hydrogens is 260 g/mol. The summed E-state index contributed by atoms with van der Waals surface area (Å²) in [6.45, 7) is 4.57. The third kappa shape index (κ3) is 11.9. The van der Waals surface area contributed by atoms with Gasteiger partial charge in [0.15, 0.2) is 0 Å². The molecule has 0 saturated carbocycles. The number of nitrogens with zero attached hydrogens (tertiary/aromatic N) is 1. The van der Waals surface area contributed by atoms with Gasteiger partial charge in [0, 0.05) is 20.1 Å². The summed E-state index contributed by atoms with van der Waals surface area (Å²) in [5.41, 5.74) is 0. The number of likely N-dealkylation sites (N-methyl/N-ethyl adjacent to an activating group) is 1. The van der Waals surface area contributed by atoms with Crippen LogP contribution in [-0.4, -0.2) is 63.8 Å². The number of hydrogen-bond acceptors (Lipinski definition) is 5. The van der Waals surface area contributed by atoms with Gasteiger partial charge in [-0.2, -0.15) is 0 Å². The van der Waals surface area contributed by atoms with Gasteiger partial charge in [0.25, 0.3) is 0 Å². The zero-order valence-corrected chi connectivity index (χ0v) is 12.9. The van der Waals surface area contributed by atoms with E-state index >= 15 is 0 Å². The van der Waals surface area contributed by atoms with Crippen molar-refractivity contribution in [3.05, 3.63) is 0 Å². The van der Waals surface area contributed by atoms with E-state index in [-0.39, 0.29) is 11.9 Å². The monoisotopic (exact) mass is 288 g/mol. The Bertz CT molecular complexity index is 272. The van der Waals surface area contributed by atoms with E-state index in [0.29, 0.717) is 32.7 Å². The van der Waals surface area contributed by atoms with Crippen LogP contribution in [0.4, 0.5) is 0 Å². The first kappa shape index (κ1) is 18.9. The number of amides is 1. The first-order valence-electron chi connectivity index (χ1n) is 7.20. The van der Waals surface area contributed by atoms with Crippen LogP contribution in [0.5, 0.6) is 0 Å². The lowest BCUT2D eigenvalue weighted by Crippen LogP contribution is -2.37. The minimum atomic E-state index is -0.127. The highest BCUT2D eigenvalue weighted by Crippen LogP contribution is 2.02. The van der Waals surface area contributed by atoms with Gasteiger partial charge in [0.1, 0.15) is 0 Å². The second kappa shape index (κ2) is 12.9. The van der Waals surface area contributed by atoms with Crippen molar-refractivity contribution in [3.8, 4) is 0 Å². The van der Waals surface area contributed by atoms with Gasteiger partial charge in [-0.25, -0.2) is 0 Å². The molecule has 0 heterocycles. The van der Waals surface area contributed by atoms with Crippen molar-refractivity contribution in [2.75, 3.05) is 47.0 Å². The van der Waals surface area contributed by atoms with E-state index in [4.69, 9.17) is 9.47 Å². The Morgan fingerprint density at radius 2 is 1.95 bits per heavy atom. The number of rotatable bonds is 12. The number of carbonyl (C=O) groups excluding carboxylic acids is 2. The van der Waals surface area contributed by atoms with E-state index < -0.39 is 0 Å². The predicted octanol–water partition coefficient (Wildman–Crippen LogP) is 0.804. The topological polar surface area (TPSA) is 67.9 Å². The van der Waals surface area contributed by atoms with Crippen molar-refractivity contribution in [2.24, 2.45) is 0 Å². The molecular formula is C14H28N2O4. The lowest BCUT2D eigenvalue weighted by molar-refractivity contribution is -0.143. The van der Waals surface area contributed by atoms with E-state index in [1.807, 2.05) is 18.9 Å². The normalized spacial score (nSPS) is 10.6. The predicted molar refractivity (Wildman–Crippen MR) is 77.5 cm³/mol. The van der Waals surface area contributed by atoms with Crippen LogP contribution in [0.1, 0.15) is 32.6 Å². The summed E-state index contributed by atoms with van der Waals surface area (Å²) in [7, 11) is 3.52. The number of esters is 1. The van der Waals surface area contributed by atoms with Gasteiger partial charge in [0.05, 0.1) is 19.8 Å². The standard InChI is InChI=1S/C14H28N2O4/c1-4-20-14(18)8-6-5-7-10-16(2)12-13(17)15-9-11-19-3/h4-12H2,1-3H3,(H,15,17). The number of ether oxygens (including phenoxy) is 2. The molecule has 0 aliphatic heterocycles. The van der Waals surface area contributed by atoms with Gasteiger partial charge in [-0.15, -0.1) is 0 Å². The summed E-state index contributed by atoms with van der Waals surface area (Å²) in [6, 6.07) is 0. The van der Waals surface area contributed by atoms with Crippen molar-refractivity contribution in [1.82, 2.24) is 10.2 Å². The number of nitrogens with one attached hydrogen (secondary N) is 1.